The van der Waals surface area contributed by atoms with Crippen LogP contribution >= 0.6 is 15.9 Å². The van der Waals surface area contributed by atoms with E-state index in [0.29, 0.717) is 0 Å². The molecule has 7 heteroatoms. The van der Waals surface area contributed by atoms with Crippen molar-refractivity contribution in [1.82, 2.24) is 0 Å². The Hall–Kier alpha value is -1.55. The molecule has 0 aliphatic heterocycles. The van der Waals surface area contributed by atoms with Crippen LogP contribution in [0.2, 0.25) is 0 Å². The van der Waals surface area contributed by atoms with Gasteiger partial charge in [-0.15, -0.1) is 0 Å². The first-order valence-corrected chi connectivity index (χ1v) is 5.37. The number of nitrogens with zero attached hydrogens (tertiary/aromatic N) is 1. The average molecular weight is 308 g/mol. The third-order valence-electron chi connectivity index (χ3n) is 1.99. The number of carbonyl (C=O) groups is 1. The number of halogens is 4. The van der Waals surface area contributed by atoms with Crippen LogP contribution in [0.1, 0.15) is 21.5 Å². The van der Waals surface area contributed by atoms with E-state index in [-0.39, 0.29) is 5.33 Å². The highest BCUT2D eigenvalue weighted by Gasteiger charge is 2.39. The van der Waals surface area contributed by atoms with Crippen LogP contribution in [-0.4, -0.2) is 16.2 Å². The normalized spacial score (nSPS) is 11.0. The average Bonchev–Trinajstić information content (AvgIpc) is 2.25. The number of aromatic hydroxyl groups is 1. The van der Waals surface area contributed by atoms with Gasteiger partial charge in [-0.1, -0.05) is 15.9 Å². The van der Waals surface area contributed by atoms with Gasteiger partial charge < -0.3 is 5.11 Å². The van der Waals surface area contributed by atoms with E-state index in [1.165, 1.54) is 6.07 Å². The molecule has 0 fully saturated rings. The van der Waals surface area contributed by atoms with Gasteiger partial charge in [0.15, 0.2) is 5.78 Å². The summed E-state index contributed by atoms with van der Waals surface area (Å²) in [5.74, 6) is -1.98. The first-order chi connectivity index (χ1) is 7.82. The number of rotatable bonds is 2. The standard InChI is InChI=1S/C10H5BrF3NO2/c11-3-7(17)8-5(4-15)1-2-6(16)9(8)10(12,13)14/h1-2,16H,3H2. The van der Waals surface area contributed by atoms with Crippen LogP contribution in [0, 0.1) is 11.3 Å². The first kappa shape index (κ1) is 13.5. The van der Waals surface area contributed by atoms with Crippen LogP contribution < -0.4 is 0 Å². The Kier molecular flexibility index (Phi) is 3.78. The number of phenols is 1. The van der Waals surface area contributed by atoms with Gasteiger partial charge >= 0.3 is 6.18 Å². The fourth-order valence-electron chi connectivity index (χ4n) is 1.33. The number of alkyl halides is 4. The highest BCUT2D eigenvalue weighted by atomic mass is 79.9. The van der Waals surface area contributed by atoms with E-state index < -0.39 is 34.4 Å². The summed E-state index contributed by atoms with van der Waals surface area (Å²) in [4.78, 5) is 11.4. The SMILES string of the molecule is N#Cc1ccc(O)c(C(F)(F)F)c1C(=O)CBr. The van der Waals surface area contributed by atoms with Gasteiger partial charge in [0.2, 0.25) is 0 Å². The monoisotopic (exact) mass is 307 g/mol. The number of nitriles is 1. The molecule has 1 N–H and O–H groups in total. The number of benzene rings is 1. The molecule has 0 saturated carbocycles. The molecule has 1 rings (SSSR count). The van der Waals surface area contributed by atoms with Crippen LogP contribution in [0.4, 0.5) is 13.2 Å². The Morgan fingerprint density at radius 3 is 2.47 bits per heavy atom. The second-order valence-electron chi connectivity index (χ2n) is 3.05. The summed E-state index contributed by atoms with van der Waals surface area (Å²) in [5.41, 5.74) is -2.70. The maximum absolute atomic E-state index is 12.7. The van der Waals surface area contributed by atoms with Crippen LogP contribution in [0.3, 0.4) is 0 Å². The molecule has 1 aromatic rings. The molecule has 0 radical (unpaired) electrons. The summed E-state index contributed by atoms with van der Waals surface area (Å²) in [6.45, 7) is 0. The highest BCUT2D eigenvalue weighted by molar-refractivity contribution is 9.09. The van der Waals surface area contributed by atoms with E-state index in [1.54, 1.807) is 0 Å². The zero-order valence-electron chi connectivity index (χ0n) is 8.18. The van der Waals surface area contributed by atoms with Crippen molar-refractivity contribution >= 4 is 21.7 Å². The largest absolute Gasteiger partial charge is 0.507 e. The fourth-order valence-corrected chi connectivity index (χ4v) is 1.61. The minimum Gasteiger partial charge on any atom is -0.507 e. The third-order valence-corrected chi connectivity index (χ3v) is 2.50. The molecule has 17 heavy (non-hydrogen) atoms. The maximum Gasteiger partial charge on any atom is 0.420 e. The van der Waals surface area contributed by atoms with E-state index in [0.717, 1.165) is 12.1 Å². The Labute approximate surface area is 103 Å². The molecule has 90 valence electrons. The van der Waals surface area contributed by atoms with Crippen molar-refractivity contribution < 1.29 is 23.1 Å². The van der Waals surface area contributed by atoms with Crippen molar-refractivity contribution in [3.05, 3.63) is 28.8 Å². The Morgan fingerprint density at radius 1 is 1.47 bits per heavy atom. The molecule has 0 aliphatic carbocycles. The molecule has 1 aromatic carbocycles. The molecule has 0 heterocycles. The Balaban J connectivity index is 3.67. The number of carbonyl (C=O) groups excluding carboxylic acids is 1. The number of Topliss-reactive ketones (excluding diaryl/α,β-unsaturated/α-hetero) is 1. The van der Waals surface area contributed by atoms with Crippen molar-refractivity contribution in [2.45, 2.75) is 6.18 Å². The molecule has 3 nitrogen and oxygen atoms in total. The second-order valence-corrected chi connectivity index (χ2v) is 3.61. The molecule has 0 aromatic heterocycles. The van der Waals surface area contributed by atoms with Gasteiger partial charge in [-0.3, -0.25) is 4.79 Å². The predicted molar refractivity (Wildman–Crippen MR) is 55.9 cm³/mol. The minimum atomic E-state index is -4.90. The zero-order valence-corrected chi connectivity index (χ0v) is 9.76. The second kappa shape index (κ2) is 4.75. The summed E-state index contributed by atoms with van der Waals surface area (Å²) in [5, 5.41) is 17.5. The van der Waals surface area contributed by atoms with E-state index >= 15 is 0 Å². The van der Waals surface area contributed by atoms with Crippen molar-refractivity contribution in [2.75, 3.05) is 5.33 Å². The fraction of sp³-hybridized carbons (Fsp3) is 0.200. The van der Waals surface area contributed by atoms with E-state index in [2.05, 4.69) is 15.9 Å². The van der Waals surface area contributed by atoms with Gasteiger partial charge in [-0.2, -0.15) is 18.4 Å². The molecular weight excluding hydrogens is 303 g/mol. The van der Waals surface area contributed by atoms with Gasteiger partial charge in [-0.25, -0.2) is 0 Å². The van der Waals surface area contributed by atoms with Crippen LogP contribution in [0.5, 0.6) is 5.75 Å². The van der Waals surface area contributed by atoms with Crippen LogP contribution in [0.25, 0.3) is 0 Å². The van der Waals surface area contributed by atoms with E-state index in [9.17, 15) is 23.1 Å². The van der Waals surface area contributed by atoms with Crippen molar-refractivity contribution in [3.63, 3.8) is 0 Å². The molecule has 0 aliphatic rings. The van der Waals surface area contributed by atoms with Gasteiger partial charge in [0.25, 0.3) is 0 Å². The molecule has 0 bridgehead atoms. The van der Waals surface area contributed by atoms with E-state index in [4.69, 9.17) is 5.26 Å². The van der Waals surface area contributed by atoms with Crippen LogP contribution in [0.15, 0.2) is 12.1 Å². The Morgan fingerprint density at radius 2 is 2.06 bits per heavy atom. The number of ketones is 1. The molecule has 0 saturated heterocycles. The van der Waals surface area contributed by atoms with Gasteiger partial charge in [0, 0.05) is 0 Å². The topological polar surface area (TPSA) is 61.1 Å². The molecule has 0 spiro atoms. The molecular formula is C10H5BrF3NO2. The third kappa shape index (κ3) is 2.58. The summed E-state index contributed by atoms with van der Waals surface area (Å²) in [7, 11) is 0. The summed E-state index contributed by atoms with van der Waals surface area (Å²) >= 11 is 2.73. The smallest absolute Gasteiger partial charge is 0.420 e. The van der Waals surface area contributed by atoms with Crippen molar-refractivity contribution in [2.24, 2.45) is 0 Å². The lowest BCUT2D eigenvalue weighted by atomic mass is 9.97. The maximum atomic E-state index is 12.7. The highest BCUT2D eigenvalue weighted by Crippen LogP contribution is 2.39. The first-order valence-electron chi connectivity index (χ1n) is 4.25. The zero-order chi connectivity index (χ0) is 13.2. The van der Waals surface area contributed by atoms with Crippen molar-refractivity contribution in [3.8, 4) is 11.8 Å². The van der Waals surface area contributed by atoms with Gasteiger partial charge in [0.1, 0.15) is 11.3 Å². The minimum absolute atomic E-state index is 0.367. The Bertz CT molecular complexity index is 505. The number of hydrogen-bond acceptors (Lipinski definition) is 3. The molecule has 0 unspecified atom stereocenters. The lowest BCUT2D eigenvalue weighted by Gasteiger charge is -2.14. The van der Waals surface area contributed by atoms with Crippen molar-refractivity contribution in [1.29, 1.82) is 5.26 Å². The van der Waals surface area contributed by atoms with Gasteiger partial charge in [-0.05, 0) is 12.1 Å². The van der Waals surface area contributed by atoms with Gasteiger partial charge in [0.05, 0.1) is 22.5 Å². The van der Waals surface area contributed by atoms with Crippen LogP contribution in [-0.2, 0) is 6.18 Å². The summed E-state index contributed by atoms with van der Waals surface area (Å²) in [6, 6.07) is 3.21. The summed E-state index contributed by atoms with van der Waals surface area (Å²) in [6.07, 6.45) is -4.90. The number of phenolic OH excluding ortho intramolecular Hbond substituents is 1. The molecule has 0 amide bonds. The summed E-state index contributed by atoms with van der Waals surface area (Å²) < 4.78 is 38.1. The lowest BCUT2D eigenvalue weighted by Crippen LogP contribution is -2.16. The lowest BCUT2D eigenvalue weighted by molar-refractivity contribution is -0.139. The predicted octanol–water partition coefficient (Wildman–Crippen LogP) is 2.86. The number of hydrogen-bond donors (Lipinski definition) is 1. The van der Waals surface area contributed by atoms with E-state index in [1.807, 2.05) is 0 Å². The molecule has 0 atom stereocenters. The quantitative estimate of drug-likeness (QED) is 0.675.